The summed E-state index contributed by atoms with van der Waals surface area (Å²) in [6, 6.07) is 10.7. The Hall–Kier alpha value is -2.04. The van der Waals surface area contributed by atoms with E-state index in [1.165, 1.54) is 17.4 Å². The van der Waals surface area contributed by atoms with Crippen molar-refractivity contribution >= 4 is 57.9 Å². The summed E-state index contributed by atoms with van der Waals surface area (Å²) in [4.78, 5) is 15.4. The molecule has 2 aromatic rings. The van der Waals surface area contributed by atoms with Crippen molar-refractivity contribution in [2.75, 3.05) is 36.5 Å². The molecule has 0 unspecified atom stereocenters. The van der Waals surface area contributed by atoms with Gasteiger partial charge in [0.05, 0.1) is 28.9 Å². The minimum absolute atomic E-state index is 0.00332. The molecule has 0 aliphatic carbocycles. The van der Waals surface area contributed by atoms with E-state index < -0.39 is 5.91 Å². The van der Waals surface area contributed by atoms with Crippen LogP contribution in [0.3, 0.4) is 0 Å². The van der Waals surface area contributed by atoms with Crippen molar-refractivity contribution in [3.05, 3.63) is 50.1 Å². The normalized spacial score (nSPS) is 14.8. The standard InChI is InChI=1S/C18H15Cl2N3O2S/c19-13-1-3-16(23-5-7-25-8-6-23)15(10-13)22-18(24)12(11-21)9-14-2-4-17(20)26-14/h1-4,9-10H,5-8H2,(H,22,24)/b12-9+. The smallest absolute Gasteiger partial charge is 0.266 e. The Balaban J connectivity index is 1.85. The number of benzene rings is 1. The van der Waals surface area contributed by atoms with E-state index in [-0.39, 0.29) is 5.57 Å². The van der Waals surface area contributed by atoms with Crippen molar-refractivity contribution in [1.29, 1.82) is 5.26 Å². The number of anilines is 2. The van der Waals surface area contributed by atoms with Gasteiger partial charge in [-0.1, -0.05) is 23.2 Å². The maximum absolute atomic E-state index is 12.6. The van der Waals surface area contributed by atoms with E-state index in [1.807, 2.05) is 12.1 Å². The summed E-state index contributed by atoms with van der Waals surface area (Å²) >= 11 is 13.3. The molecule has 26 heavy (non-hydrogen) atoms. The minimum Gasteiger partial charge on any atom is -0.378 e. The molecule has 0 bridgehead atoms. The van der Waals surface area contributed by atoms with Gasteiger partial charge in [-0.25, -0.2) is 0 Å². The number of hydrogen-bond donors (Lipinski definition) is 1. The van der Waals surface area contributed by atoms with Gasteiger partial charge in [-0.05, 0) is 36.4 Å². The highest BCUT2D eigenvalue weighted by molar-refractivity contribution is 7.17. The van der Waals surface area contributed by atoms with Gasteiger partial charge in [0.25, 0.3) is 5.91 Å². The van der Waals surface area contributed by atoms with Crippen LogP contribution in [0.4, 0.5) is 11.4 Å². The van der Waals surface area contributed by atoms with Crippen molar-refractivity contribution in [2.24, 2.45) is 0 Å². The Morgan fingerprint density at radius 2 is 2.04 bits per heavy atom. The molecule has 0 saturated carbocycles. The van der Waals surface area contributed by atoms with Gasteiger partial charge < -0.3 is 15.0 Å². The van der Waals surface area contributed by atoms with Crippen LogP contribution in [0, 0.1) is 11.3 Å². The number of thiophene rings is 1. The topological polar surface area (TPSA) is 65.4 Å². The molecule has 5 nitrogen and oxygen atoms in total. The second kappa shape index (κ2) is 8.56. The molecule has 3 rings (SSSR count). The van der Waals surface area contributed by atoms with Crippen LogP contribution in [-0.2, 0) is 9.53 Å². The molecule has 1 aliphatic heterocycles. The lowest BCUT2D eigenvalue weighted by Gasteiger charge is -2.30. The number of rotatable bonds is 4. The van der Waals surface area contributed by atoms with E-state index in [2.05, 4.69) is 10.2 Å². The average molecular weight is 408 g/mol. The van der Waals surface area contributed by atoms with E-state index in [4.69, 9.17) is 27.9 Å². The number of morpholine rings is 1. The number of amides is 1. The van der Waals surface area contributed by atoms with Crippen LogP contribution in [0.1, 0.15) is 4.88 Å². The van der Waals surface area contributed by atoms with E-state index >= 15 is 0 Å². The summed E-state index contributed by atoms with van der Waals surface area (Å²) in [5.41, 5.74) is 1.41. The molecule has 1 fully saturated rings. The first-order chi connectivity index (χ1) is 12.6. The Labute approximate surface area is 165 Å². The van der Waals surface area contributed by atoms with Crippen LogP contribution in [0.2, 0.25) is 9.36 Å². The summed E-state index contributed by atoms with van der Waals surface area (Å²) in [5.74, 6) is -0.492. The number of hydrogen-bond acceptors (Lipinski definition) is 5. The third kappa shape index (κ3) is 4.57. The minimum atomic E-state index is -0.492. The summed E-state index contributed by atoms with van der Waals surface area (Å²) in [6.45, 7) is 2.69. The molecule has 1 saturated heterocycles. The lowest BCUT2D eigenvalue weighted by atomic mass is 10.2. The number of ether oxygens (including phenoxy) is 1. The van der Waals surface area contributed by atoms with Crippen LogP contribution in [0.5, 0.6) is 0 Å². The Bertz CT molecular complexity index is 883. The second-order valence-electron chi connectivity index (χ2n) is 5.53. The first-order valence-electron chi connectivity index (χ1n) is 7.87. The van der Waals surface area contributed by atoms with Crippen molar-refractivity contribution in [1.82, 2.24) is 0 Å². The Kier molecular flexibility index (Phi) is 6.17. The highest BCUT2D eigenvalue weighted by Crippen LogP contribution is 2.30. The van der Waals surface area contributed by atoms with Gasteiger partial charge in [0.1, 0.15) is 11.6 Å². The van der Waals surface area contributed by atoms with Crippen LogP contribution in [0.15, 0.2) is 35.9 Å². The van der Waals surface area contributed by atoms with E-state index in [1.54, 1.807) is 24.3 Å². The second-order valence-corrected chi connectivity index (χ2v) is 7.71. The lowest BCUT2D eigenvalue weighted by Crippen LogP contribution is -2.36. The summed E-state index contributed by atoms with van der Waals surface area (Å²) in [6.07, 6.45) is 1.52. The highest BCUT2D eigenvalue weighted by atomic mass is 35.5. The fourth-order valence-corrected chi connectivity index (χ4v) is 3.75. The van der Waals surface area contributed by atoms with Gasteiger partial charge in [0.15, 0.2) is 0 Å². The molecule has 1 aromatic carbocycles. The number of carbonyl (C=O) groups excluding carboxylic acids is 1. The molecule has 1 amide bonds. The summed E-state index contributed by atoms with van der Waals surface area (Å²) < 4.78 is 5.97. The molecular formula is C18H15Cl2N3O2S. The molecule has 0 radical (unpaired) electrons. The van der Waals surface area contributed by atoms with Gasteiger partial charge in [0.2, 0.25) is 0 Å². The monoisotopic (exact) mass is 407 g/mol. The fourth-order valence-electron chi connectivity index (χ4n) is 2.57. The molecule has 1 aromatic heterocycles. The third-order valence-corrected chi connectivity index (χ3v) is 5.22. The largest absolute Gasteiger partial charge is 0.378 e. The van der Waals surface area contributed by atoms with Gasteiger partial charge in [-0.3, -0.25) is 4.79 Å². The van der Waals surface area contributed by atoms with E-state index in [0.29, 0.717) is 28.3 Å². The highest BCUT2D eigenvalue weighted by Gasteiger charge is 2.18. The first kappa shape index (κ1) is 18.7. The zero-order valence-electron chi connectivity index (χ0n) is 13.7. The predicted molar refractivity (Wildman–Crippen MR) is 106 cm³/mol. The fraction of sp³-hybridized carbons (Fsp3) is 0.222. The third-order valence-electron chi connectivity index (χ3n) is 3.80. The molecule has 0 atom stereocenters. The molecule has 134 valence electrons. The van der Waals surface area contributed by atoms with Crippen molar-refractivity contribution in [2.45, 2.75) is 0 Å². The van der Waals surface area contributed by atoms with Gasteiger partial charge in [0, 0.05) is 23.0 Å². The van der Waals surface area contributed by atoms with Crippen molar-refractivity contribution < 1.29 is 9.53 Å². The van der Waals surface area contributed by atoms with Crippen LogP contribution in [0.25, 0.3) is 6.08 Å². The van der Waals surface area contributed by atoms with Gasteiger partial charge in [-0.15, -0.1) is 11.3 Å². The Morgan fingerprint density at radius 3 is 2.69 bits per heavy atom. The SMILES string of the molecule is N#C/C(=C\c1ccc(Cl)s1)C(=O)Nc1cc(Cl)ccc1N1CCOCC1. The Morgan fingerprint density at radius 1 is 1.27 bits per heavy atom. The zero-order valence-corrected chi connectivity index (χ0v) is 16.0. The molecule has 8 heteroatoms. The number of carbonyl (C=O) groups is 1. The van der Waals surface area contributed by atoms with Gasteiger partial charge in [-0.2, -0.15) is 5.26 Å². The lowest BCUT2D eigenvalue weighted by molar-refractivity contribution is -0.112. The molecule has 0 spiro atoms. The van der Waals surface area contributed by atoms with Gasteiger partial charge >= 0.3 is 0 Å². The molecular weight excluding hydrogens is 393 g/mol. The van der Waals surface area contributed by atoms with Crippen molar-refractivity contribution in [3.63, 3.8) is 0 Å². The zero-order chi connectivity index (χ0) is 18.5. The first-order valence-corrected chi connectivity index (χ1v) is 9.45. The predicted octanol–water partition coefficient (Wildman–Crippen LogP) is 4.44. The summed E-state index contributed by atoms with van der Waals surface area (Å²) in [5, 5.41) is 12.7. The van der Waals surface area contributed by atoms with Crippen LogP contribution < -0.4 is 10.2 Å². The number of halogens is 2. The maximum atomic E-state index is 12.6. The average Bonchev–Trinajstić information content (AvgIpc) is 3.05. The summed E-state index contributed by atoms with van der Waals surface area (Å²) in [7, 11) is 0. The molecule has 1 N–H and O–H groups in total. The molecule has 2 heterocycles. The van der Waals surface area contributed by atoms with Crippen LogP contribution in [-0.4, -0.2) is 32.2 Å². The number of nitriles is 1. The quantitative estimate of drug-likeness (QED) is 0.600. The number of nitrogens with one attached hydrogen (secondary N) is 1. The number of nitrogens with zero attached hydrogens (tertiary/aromatic N) is 2. The van der Waals surface area contributed by atoms with E-state index in [0.717, 1.165) is 23.7 Å². The van der Waals surface area contributed by atoms with Crippen molar-refractivity contribution in [3.8, 4) is 6.07 Å². The molecule has 1 aliphatic rings. The van der Waals surface area contributed by atoms with Crippen LogP contribution >= 0.6 is 34.5 Å². The maximum Gasteiger partial charge on any atom is 0.266 e. The van der Waals surface area contributed by atoms with E-state index in [9.17, 15) is 10.1 Å².